The lowest BCUT2D eigenvalue weighted by atomic mass is 9.96. The van der Waals surface area contributed by atoms with Gasteiger partial charge in [0.1, 0.15) is 5.82 Å². The second-order valence-electron chi connectivity index (χ2n) is 7.91. The molecule has 4 rings (SSSR count). The normalized spacial score (nSPS) is 18.2. The molecule has 2 heterocycles. The maximum atomic E-state index is 13.8. The number of fused-ring (bicyclic) bond motifs is 1. The van der Waals surface area contributed by atoms with Crippen LogP contribution in [0.1, 0.15) is 45.7 Å². The molecule has 0 fully saturated rings. The van der Waals surface area contributed by atoms with E-state index in [0.717, 1.165) is 23.8 Å². The van der Waals surface area contributed by atoms with Crippen LogP contribution in [0.4, 0.5) is 37.8 Å². The van der Waals surface area contributed by atoms with Gasteiger partial charge in [-0.3, -0.25) is 4.79 Å². The van der Waals surface area contributed by atoms with E-state index in [9.17, 15) is 31.1 Å². The summed E-state index contributed by atoms with van der Waals surface area (Å²) < 4.78 is 81.1. The van der Waals surface area contributed by atoms with Gasteiger partial charge in [-0.25, -0.2) is 4.68 Å². The highest BCUT2D eigenvalue weighted by Gasteiger charge is 2.46. The molecule has 12 heteroatoms. The lowest BCUT2D eigenvalue weighted by Crippen LogP contribution is -2.35. The molecule has 34 heavy (non-hydrogen) atoms. The van der Waals surface area contributed by atoms with Gasteiger partial charge in [0, 0.05) is 12.5 Å². The van der Waals surface area contributed by atoms with Crippen LogP contribution in [-0.2, 0) is 6.18 Å². The Morgan fingerprint density at radius 1 is 1.09 bits per heavy atom. The number of carbonyl (C=O) groups excluding carboxylic acids is 1. The monoisotopic (exact) mass is 502 g/mol. The quantitative estimate of drug-likeness (QED) is 0.388. The number of benzene rings is 2. The number of hydrogen-bond acceptors (Lipinski definition) is 3. The van der Waals surface area contributed by atoms with E-state index in [-0.39, 0.29) is 22.9 Å². The molecule has 0 spiro atoms. The summed E-state index contributed by atoms with van der Waals surface area (Å²) in [6.07, 6.45) is -9.68. The summed E-state index contributed by atoms with van der Waals surface area (Å²) in [4.78, 5) is 12.7. The van der Waals surface area contributed by atoms with Gasteiger partial charge in [0.15, 0.2) is 11.7 Å². The van der Waals surface area contributed by atoms with Crippen LogP contribution in [0, 0.1) is 6.92 Å². The van der Waals surface area contributed by atoms with E-state index in [1.54, 1.807) is 24.3 Å². The molecule has 0 bridgehead atoms. The first-order valence-corrected chi connectivity index (χ1v) is 10.4. The number of nitrogens with zero attached hydrogens (tertiary/aromatic N) is 2. The summed E-state index contributed by atoms with van der Waals surface area (Å²) in [5.41, 5.74) is -0.214. The third-order valence-electron chi connectivity index (χ3n) is 5.44. The van der Waals surface area contributed by atoms with Gasteiger partial charge in [-0.15, -0.1) is 0 Å². The van der Waals surface area contributed by atoms with Gasteiger partial charge in [-0.1, -0.05) is 41.4 Å². The van der Waals surface area contributed by atoms with E-state index < -0.39 is 41.6 Å². The van der Waals surface area contributed by atoms with E-state index in [1.807, 2.05) is 6.92 Å². The van der Waals surface area contributed by atoms with Gasteiger partial charge < -0.3 is 10.6 Å². The molecular formula is C22H17ClF6N4O. The molecule has 180 valence electrons. The molecule has 1 aliphatic heterocycles. The van der Waals surface area contributed by atoms with Crippen molar-refractivity contribution in [1.29, 1.82) is 0 Å². The number of aryl methyl sites for hydroxylation is 1. The summed E-state index contributed by atoms with van der Waals surface area (Å²) in [5.74, 6) is -1.04. The van der Waals surface area contributed by atoms with Gasteiger partial charge in [0.2, 0.25) is 0 Å². The van der Waals surface area contributed by atoms with Crippen LogP contribution < -0.4 is 10.6 Å². The Morgan fingerprint density at radius 2 is 1.76 bits per heavy atom. The van der Waals surface area contributed by atoms with E-state index >= 15 is 0 Å². The highest BCUT2D eigenvalue weighted by molar-refractivity contribution is 6.33. The van der Waals surface area contributed by atoms with Crippen molar-refractivity contribution in [3.63, 3.8) is 0 Å². The van der Waals surface area contributed by atoms with Gasteiger partial charge in [-0.05, 0) is 30.7 Å². The van der Waals surface area contributed by atoms with Gasteiger partial charge >= 0.3 is 12.4 Å². The van der Waals surface area contributed by atoms with E-state index in [0.29, 0.717) is 16.3 Å². The number of hydrogen-bond donors (Lipinski definition) is 2. The third-order valence-corrected chi connectivity index (χ3v) is 5.77. The van der Waals surface area contributed by atoms with Crippen LogP contribution >= 0.6 is 11.6 Å². The molecule has 1 amide bonds. The van der Waals surface area contributed by atoms with Gasteiger partial charge in [-0.2, -0.15) is 31.4 Å². The van der Waals surface area contributed by atoms with E-state index in [2.05, 4.69) is 15.7 Å². The van der Waals surface area contributed by atoms with Crippen molar-refractivity contribution in [2.45, 2.75) is 37.8 Å². The summed E-state index contributed by atoms with van der Waals surface area (Å²) in [6, 6.07) is 7.77. The van der Waals surface area contributed by atoms with Crippen molar-refractivity contribution in [2.75, 3.05) is 10.6 Å². The van der Waals surface area contributed by atoms with Gasteiger partial charge in [0.05, 0.1) is 22.3 Å². The summed E-state index contributed by atoms with van der Waals surface area (Å²) >= 11 is 5.89. The predicted octanol–water partition coefficient (Wildman–Crippen LogP) is 6.78. The zero-order valence-electron chi connectivity index (χ0n) is 17.4. The fourth-order valence-electron chi connectivity index (χ4n) is 3.69. The molecule has 2 aromatic carbocycles. The molecule has 0 saturated heterocycles. The van der Waals surface area contributed by atoms with E-state index in [1.165, 1.54) is 0 Å². The Morgan fingerprint density at radius 3 is 2.38 bits per heavy atom. The molecule has 2 atom stereocenters. The maximum Gasteiger partial charge on any atom is 0.416 e. The van der Waals surface area contributed by atoms with Crippen molar-refractivity contribution in [2.24, 2.45) is 0 Å². The largest absolute Gasteiger partial charge is 0.416 e. The number of amides is 1. The molecule has 3 aromatic rings. The number of anilines is 2. The first kappa shape index (κ1) is 23.9. The fourth-order valence-corrected chi connectivity index (χ4v) is 3.85. The van der Waals surface area contributed by atoms with Crippen molar-refractivity contribution in [3.05, 3.63) is 75.9 Å². The average molecular weight is 503 g/mol. The number of nitrogens with one attached hydrogen (secondary N) is 2. The molecule has 0 saturated carbocycles. The zero-order chi connectivity index (χ0) is 24.8. The Bertz CT molecular complexity index is 1220. The second kappa shape index (κ2) is 8.53. The van der Waals surface area contributed by atoms with Gasteiger partial charge in [0.25, 0.3) is 5.91 Å². The molecule has 2 N–H and O–H groups in total. The molecule has 1 aromatic heterocycles. The lowest BCUT2D eigenvalue weighted by Gasteiger charge is -2.33. The Hall–Kier alpha value is -3.21. The van der Waals surface area contributed by atoms with Crippen molar-refractivity contribution >= 4 is 29.0 Å². The minimum absolute atomic E-state index is 0.0422. The first-order valence-electron chi connectivity index (χ1n) is 10.0. The molecule has 0 aliphatic carbocycles. The highest BCUT2D eigenvalue weighted by Crippen LogP contribution is 2.43. The molecule has 5 nitrogen and oxygen atoms in total. The SMILES string of the molecule is Cc1ccc(C2CC(C(F)(F)F)n3nc(C(=O)Nc4cc(C(F)(F)F)ccc4Cl)cc3N2)cc1. The first-order chi connectivity index (χ1) is 15.8. The fraction of sp³-hybridized carbons (Fsp3) is 0.273. The smallest absolute Gasteiger partial charge is 0.363 e. The van der Waals surface area contributed by atoms with Crippen LogP contribution in [-0.4, -0.2) is 21.9 Å². The Labute approximate surface area is 194 Å². The zero-order valence-corrected chi connectivity index (χ0v) is 18.2. The lowest BCUT2D eigenvalue weighted by molar-refractivity contribution is -0.173. The minimum Gasteiger partial charge on any atom is -0.363 e. The summed E-state index contributed by atoms with van der Waals surface area (Å²) in [7, 11) is 0. The highest BCUT2D eigenvalue weighted by atomic mass is 35.5. The van der Waals surface area contributed by atoms with Crippen molar-refractivity contribution in [3.8, 4) is 0 Å². The van der Waals surface area contributed by atoms with E-state index in [4.69, 9.17) is 11.6 Å². The summed E-state index contributed by atoms with van der Waals surface area (Å²) in [6.45, 7) is 1.85. The van der Waals surface area contributed by atoms with Crippen LogP contribution in [0.15, 0.2) is 48.5 Å². The average Bonchev–Trinajstić information content (AvgIpc) is 3.18. The number of carbonyl (C=O) groups is 1. The minimum atomic E-state index is -4.67. The maximum absolute atomic E-state index is 13.8. The molecular weight excluding hydrogens is 486 g/mol. The number of rotatable bonds is 3. The third kappa shape index (κ3) is 4.84. The second-order valence-corrected chi connectivity index (χ2v) is 8.31. The predicted molar refractivity (Wildman–Crippen MR) is 114 cm³/mol. The Kier molecular flexibility index (Phi) is 6.01. The van der Waals surface area contributed by atoms with Crippen LogP contribution in [0.25, 0.3) is 0 Å². The van der Waals surface area contributed by atoms with Crippen LogP contribution in [0.5, 0.6) is 0 Å². The number of aromatic nitrogens is 2. The molecule has 1 aliphatic rings. The Balaban J connectivity index is 1.64. The summed E-state index contributed by atoms with van der Waals surface area (Å²) in [5, 5.41) is 8.78. The molecule has 2 unspecified atom stereocenters. The number of alkyl halides is 6. The molecule has 0 radical (unpaired) electrons. The standard InChI is InChI=1S/C22H17ClF6N4O/c1-11-2-4-12(5-3-11)15-9-18(22(27,28)29)33-19(30-15)10-17(32-33)20(34)31-16-8-13(21(24,25)26)6-7-14(16)23/h2-8,10,15,18,30H,9H2,1H3,(H,31,34). The topological polar surface area (TPSA) is 59.0 Å². The number of halogens is 7. The van der Waals surface area contributed by atoms with Crippen molar-refractivity contribution in [1.82, 2.24) is 9.78 Å². The van der Waals surface area contributed by atoms with Crippen molar-refractivity contribution < 1.29 is 31.1 Å². The van der Waals surface area contributed by atoms with Crippen LogP contribution in [0.2, 0.25) is 5.02 Å². The van der Waals surface area contributed by atoms with Crippen LogP contribution in [0.3, 0.4) is 0 Å².